The Morgan fingerprint density at radius 1 is 0.875 bits per heavy atom. The van der Waals surface area contributed by atoms with Gasteiger partial charge in [0.25, 0.3) is 0 Å². The maximum absolute atomic E-state index is 12.9. The van der Waals surface area contributed by atoms with Crippen LogP contribution in [0.15, 0.2) is 85.1 Å². The van der Waals surface area contributed by atoms with Gasteiger partial charge in [0.1, 0.15) is 12.6 Å². The fourth-order valence-electron chi connectivity index (χ4n) is 3.27. The second kappa shape index (κ2) is 10.2. The van der Waals surface area contributed by atoms with Crippen LogP contribution in [0.2, 0.25) is 0 Å². The Morgan fingerprint density at radius 3 is 2.31 bits per heavy atom. The number of carbonyl (C=O) groups excluding carboxylic acids is 2. The second-order valence-corrected chi connectivity index (χ2v) is 7.21. The number of carbonyl (C=O) groups is 2. The lowest BCUT2D eigenvalue weighted by molar-refractivity contribution is -0.123. The third-order valence-corrected chi connectivity index (χ3v) is 4.91. The van der Waals surface area contributed by atoms with Gasteiger partial charge in [0.15, 0.2) is 11.5 Å². The molecule has 0 bridgehead atoms. The SMILES string of the molecule is O=C(N[C@@H](Cc1ccccc1)C(=O)NCc1nnc2ccccn12)OCc1ccccc1. The van der Waals surface area contributed by atoms with Gasteiger partial charge in [-0.2, -0.15) is 0 Å². The number of rotatable bonds is 8. The van der Waals surface area contributed by atoms with Crippen LogP contribution in [-0.2, 0) is 29.1 Å². The summed E-state index contributed by atoms with van der Waals surface area (Å²) >= 11 is 0. The number of nitrogens with one attached hydrogen (secondary N) is 2. The van der Waals surface area contributed by atoms with E-state index in [0.29, 0.717) is 17.9 Å². The van der Waals surface area contributed by atoms with Gasteiger partial charge in [0, 0.05) is 12.6 Å². The Balaban J connectivity index is 1.40. The number of amides is 2. The van der Waals surface area contributed by atoms with E-state index in [0.717, 1.165) is 11.1 Å². The zero-order valence-electron chi connectivity index (χ0n) is 17.3. The Morgan fingerprint density at radius 2 is 1.56 bits per heavy atom. The van der Waals surface area contributed by atoms with Crippen LogP contribution < -0.4 is 10.6 Å². The number of ether oxygens (including phenoxy) is 1. The molecule has 2 amide bonds. The van der Waals surface area contributed by atoms with E-state index >= 15 is 0 Å². The lowest BCUT2D eigenvalue weighted by Crippen LogP contribution is -2.48. The molecule has 0 radical (unpaired) electrons. The van der Waals surface area contributed by atoms with Crippen molar-refractivity contribution < 1.29 is 14.3 Å². The van der Waals surface area contributed by atoms with E-state index in [9.17, 15) is 9.59 Å². The molecule has 0 unspecified atom stereocenters. The predicted molar refractivity (Wildman–Crippen MR) is 119 cm³/mol. The van der Waals surface area contributed by atoms with Crippen molar-refractivity contribution in [3.05, 3.63) is 102 Å². The van der Waals surface area contributed by atoms with Gasteiger partial charge in [0.05, 0.1) is 6.54 Å². The smallest absolute Gasteiger partial charge is 0.408 e. The van der Waals surface area contributed by atoms with Crippen LogP contribution in [-0.4, -0.2) is 32.6 Å². The number of hydrogen-bond acceptors (Lipinski definition) is 5. The summed E-state index contributed by atoms with van der Waals surface area (Å²) in [6.07, 6.45) is 1.50. The molecular weight excluding hydrogens is 406 g/mol. The second-order valence-electron chi connectivity index (χ2n) is 7.21. The Kier molecular flexibility index (Phi) is 6.72. The minimum absolute atomic E-state index is 0.123. The Hall–Kier alpha value is -4.20. The standard InChI is InChI=1S/C24H23N5O3/c30-23(25-16-22-28-27-21-13-7-8-14-29(21)22)20(15-18-9-3-1-4-10-18)26-24(31)32-17-19-11-5-2-6-12-19/h1-14,20H,15-17H2,(H,25,30)(H,26,31)/t20-/m0/s1. The zero-order valence-corrected chi connectivity index (χ0v) is 17.3. The van der Waals surface area contributed by atoms with Crippen LogP contribution in [0.5, 0.6) is 0 Å². The minimum atomic E-state index is -0.806. The Bertz CT molecular complexity index is 1180. The van der Waals surface area contributed by atoms with Gasteiger partial charge in [-0.3, -0.25) is 9.20 Å². The van der Waals surface area contributed by atoms with Crippen LogP contribution in [0.4, 0.5) is 4.79 Å². The molecule has 0 aliphatic rings. The highest BCUT2D eigenvalue weighted by molar-refractivity contribution is 5.85. The van der Waals surface area contributed by atoms with E-state index in [2.05, 4.69) is 20.8 Å². The average molecular weight is 429 g/mol. The Labute approximate surface area is 185 Å². The molecule has 32 heavy (non-hydrogen) atoms. The van der Waals surface area contributed by atoms with Crippen molar-refractivity contribution in [2.75, 3.05) is 0 Å². The topological polar surface area (TPSA) is 97.6 Å². The van der Waals surface area contributed by atoms with Crippen molar-refractivity contribution in [3.8, 4) is 0 Å². The van der Waals surface area contributed by atoms with Crippen LogP contribution in [0.1, 0.15) is 17.0 Å². The molecule has 2 aromatic heterocycles. The van der Waals surface area contributed by atoms with Crippen LogP contribution in [0, 0.1) is 0 Å². The predicted octanol–water partition coefficient (Wildman–Crippen LogP) is 2.88. The molecule has 0 saturated carbocycles. The van der Waals surface area contributed by atoms with Gasteiger partial charge in [-0.25, -0.2) is 4.79 Å². The fraction of sp³-hybridized carbons (Fsp3) is 0.167. The summed E-state index contributed by atoms with van der Waals surface area (Å²) in [5.74, 6) is 0.261. The molecule has 2 heterocycles. The third kappa shape index (κ3) is 5.48. The van der Waals surface area contributed by atoms with Crippen molar-refractivity contribution in [1.82, 2.24) is 25.2 Å². The summed E-state index contributed by atoms with van der Waals surface area (Å²) in [7, 11) is 0. The number of pyridine rings is 1. The molecule has 4 rings (SSSR count). The van der Waals surface area contributed by atoms with E-state index in [-0.39, 0.29) is 19.1 Å². The molecule has 0 fully saturated rings. The van der Waals surface area contributed by atoms with Crippen LogP contribution in [0.25, 0.3) is 5.65 Å². The lowest BCUT2D eigenvalue weighted by Gasteiger charge is -2.18. The highest BCUT2D eigenvalue weighted by atomic mass is 16.5. The van der Waals surface area contributed by atoms with Crippen molar-refractivity contribution >= 4 is 17.6 Å². The van der Waals surface area contributed by atoms with E-state index in [1.54, 1.807) is 4.40 Å². The highest BCUT2D eigenvalue weighted by Crippen LogP contribution is 2.07. The number of benzene rings is 2. The largest absolute Gasteiger partial charge is 0.445 e. The number of nitrogens with zero attached hydrogens (tertiary/aromatic N) is 3. The van der Waals surface area contributed by atoms with Gasteiger partial charge < -0.3 is 15.4 Å². The number of fused-ring (bicyclic) bond motifs is 1. The molecular formula is C24H23N5O3. The molecule has 2 N–H and O–H groups in total. The van der Waals surface area contributed by atoms with E-state index in [1.807, 2.05) is 85.1 Å². The molecule has 8 heteroatoms. The summed E-state index contributed by atoms with van der Waals surface area (Å²) in [4.78, 5) is 25.3. The summed E-state index contributed by atoms with van der Waals surface area (Å²) in [5, 5.41) is 13.7. The minimum Gasteiger partial charge on any atom is -0.445 e. The molecule has 162 valence electrons. The van der Waals surface area contributed by atoms with Crippen LogP contribution in [0.3, 0.4) is 0 Å². The normalized spacial score (nSPS) is 11.6. The molecule has 2 aromatic carbocycles. The quantitative estimate of drug-likeness (QED) is 0.449. The molecule has 4 aromatic rings. The molecule has 0 spiro atoms. The highest BCUT2D eigenvalue weighted by Gasteiger charge is 2.22. The maximum Gasteiger partial charge on any atom is 0.408 e. The van der Waals surface area contributed by atoms with Crippen molar-refractivity contribution in [2.24, 2.45) is 0 Å². The first-order valence-electron chi connectivity index (χ1n) is 10.3. The average Bonchev–Trinajstić information content (AvgIpc) is 3.25. The monoisotopic (exact) mass is 429 g/mol. The molecule has 1 atom stereocenters. The molecule has 0 saturated heterocycles. The number of hydrogen-bond donors (Lipinski definition) is 2. The van der Waals surface area contributed by atoms with Crippen molar-refractivity contribution in [1.29, 1.82) is 0 Å². The van der Waals surface area contributed by atoms with Crippen molar-refractivity contribution in [3.63, 3.8) is 0 Å². The van der Waals surface area contributed by atoms with Crippen LogP contribution >= 0.6 is 0 Å². The fourth-order valence-corrected chi connectivity index (χ4v) is 3.27. The van der Waals surface area contributed by atoms with Gasteiger partial charge in [-0.1, -0.05) is 66.7 Å². The summed E-state index contributed by atoms with van der Waals surface area (Å²) in [5.41, 5.74) is 2.48. The summed E-state index contributed by atoms with van der Waals surface area (Å²) in [6.45, 7) is 0.300. The first kappa shape index (κ1) is 21.0. The summed E-state index contributed by atoms with van der Waals surface area (Å²) in [6, 6.07) is 23.6. The van der Waals surface area contributed by atoms with E-state index < -0.39 is 12.1 Å². The molecule has 0 aliphatic heterocycles. The number of aromatic nitrogens is 3. The lowest BCUT2D eigenvalue weighted by atomic mass is 10.1. The van der Waals surface area contributed by atoms with Gasteiger partial charge in [0.2, 0.25) is 5.91 Å². The number of alkyl carbamates (subject to hydrolysis) is 1. The molecule has 8 nitrogen and oxygen atoms in total. The first-order valence-corrected chi connectivity index (χ1v) is 10.3. The van der Waals surface area contributed by atoms with Gasteiger partial charge >= 0.3 is 6.09 Å². The first-order chi connectivity index (χ1) is 15.7. The van der Waals surface area contributed by atoms with Gasteiger partial charge in [-0.15, -0.1) is 10.2 Å². The molecule has 0 aliphatic carbocycles. The van der Waals surface area contributed by atoms with E-state index in [4.69, 9.17) is 4.74 Å². The van der Waals surface area contributed by atoms with Crippen molar-refractivity contribution in [2.45, 2.75) is 25.6 Å². The van der Waals surface area contributed by atoms with E-state index in [1.165, 1.54) is 0 Å². The summed E-state index contributed by atoms with van der Waals surface area (Å²) < 4.78 is 7.10. The maximum atomic E-state index is 12.9. The zero-order chi connectivity index (χ0) is 22.2. The third-order valence-electron chi connectivity index (χ3n) is 4.91. The van der Waals surface area contributed by atoms with Gasteiger partial charge in [-0.05, 0) is 23.3 Å².